The third-order valence-electron chi connectivity index (χ3n) is 1.96. The predicted octanol–water partition coefficient (Wildman–Crippen LogP) is 0.579. The molecule has 0 fully saturated rings. The summed E-state index contributed by atoms with van der Waals surface area (Å²) in [6, 6.07) is 0.495. The lowest BCUT2D eigenvalue weighted by Crippen LogP contribution is -2.38. The molecule has 0 radical (unpaired) electrons. The minimum absolute atomic E-state index is 0.495. The van der Waals surface area contributed by atoms with E-state index in [1.807, 2.05) is 7.05 Å². The molecule has 0 aliphatic rings. The van der Waals surface area contributed by atoms with Crippen LogP contribution in [0.3, 0.4) is 0 Å². The Morgan fingerprint density at radius 3 is 2.22 bits per heavy atom. The highest BCUT2D eigenvalue weighted by atomic mass is 14.9. The van der Waals surface area contributed by atoms with Gasteiger partial charge in [0.2, 0.25) is 0 Å². The molecule has 0 spiro atoms. The van der Waals surface area contributed by atoms with Crippen molar-refractivity contribution in [1.82, 2.24) is 5.32 Å². The average molecular weight is 130 g/mol. The minimum Gasteiger partial charge on any atom is -0.329 e. The second-order valence-corrected chi connectivity index (χ2v) is 2.52. The molecular formula is C7H18N2. The molecule has 0 rings (SSSR count). The molecule has 2 heteroatoms. The molecule has 9 heavy (non-hydrogen) atoms. The van der Waals surface area contributed by atoms with E-state index in [0.29, 0.717) is 12.0 Å². The number of hydrogen-bond acceptors (Lipinski definition) is 2. The fourth-order valence-corrected chi connectivity index (χ4v) is 0.919. The second-order valence-electron chi connectivity index (χ2n) is 2.52. The van der Waals surface area contributed by atoms with E-state index in [-0.39, 0.29) is 0 Å². The largest absolute Gasteiger partial charge is 0.329 e. The first-order chi connectivity index (χ1) is 4.26. The number of rotatable bonds is 4. The summed E-state index contributed by atoms with van der Waals surface area (Å²) in [6.07, 6.45) is 1.20. The van der Waals surface area contributed by atoms with Gasteiger partial charge in [-0.15, -0.1) is 0 Å². The number of likely N-dealkylation sites (N-methyl/N-ethyl adjacent to an activating group) is 1. The third-order valence-corrected chi connectivity index (χ3v) is 1.96. The monoisotopic (exact) mass is 130 g/mol. The van der Waals surface area contributed by atoms with Crippen LogP contribution in [0.4, 0.5) is 0 Å². The second kappa shape index (κ2) is 4.77. The summed E-state index contributed by atoms with van der Waals surface area (Å²) < 4.78 is 0. The minimum atomic E-state index is 0.495. The van der Waals surface area contributed by atoms with Crippen LogP contribution in [0.25, 0.3) is 0 Å². The van der Waals surface area contributed by atoms with Gasteiger partial charge in [-0.3, -0.25) is 0 Å². The lowest BCUT2D eigenvalue weighted by molar-refractivity contribution is 0.396. The Hall–Kier alpha value is -0.0800. The molecule has 0 saturated heterocycles. The van der Waals surface area contributed by atoms with Crippen molar-refractivity contribution in [2.75, 3.05) is 13.6 Å². The molecule has 2 atom stereocenters. The van der Waals surface area contributed by atoms with E-state index >= 15 is 0 Å². The van der Waals surface area contributed by atoms with Crippen molar-refractivity contribution in [1.29, 1.82) is 0 Å². The Kier molecular flexibility index (Phi) is 4.72. The summed E-state index contributed by atoms with van der Waals surface area (Å²) in [4.78, 5) is 0. The molecule has 2 nitrogen and oxygen atoms in total. The summed E-state index contributed by atoms with van der Waals surface area (Å²) >= 11 is 0. The van der Waals surface area contributed by atoms with Crippen LogP contribution in [0.2, 0.25) is 0 Å². The normalized spacial score (nSPS) is 17.3. The van der Waals surface area contributed by atoms with Crippen molar-refractivity contribution in [3.63, 3.8) is 0 Å². The fourth-order valence-electron chi connectivity index (χ4n) is 0.919. The van der Waals surface area contributed by atoms with E-state index < -0.39 is 0 Å². The van der Waals surface area contributed by atoms with Crippen molar-refractivity contribution in [2.45, 2.75) is 26.3 Å². The summed E-state index contributed by atoms with van der Waals surface area (Å²) in [7, 11) is 1.96. The maximum Gasteiger partial charge on any atom is 0.0212 e. The molecule has 0 heterocycles. The van der Waals surface area contributed by atoms with Crippen LogP contribution in [0.15, 0.2) is 0 Å². The van der Waals surface area contributed by atoms with Gasteiger partial charge < -0.3 is 11.1 Å². The SMILES string of the molecule is CCC(C)C(CN)NC. The van der Waals surface area contributed by atoms with Crippen molar-refractivity contribution in [2.24, 2.45) is 11.7 Å². The number of nitrogens with one attached hydrogen (secondary N) is 1. The average Bonchev–Trinajstić information content (AvgIpc) is 1.90. The zero-order valence-electron chi connectivity index (χ0n) is 6.65. The first-order valence-electron chi connectivity index (χ1n) is 3.63. The van der Waals surface area contributed by atoms with Crippen LogP contribution in [-0.2, 0) is 0 Å². The molecule has 56 valence electrons. The highest BCUT2D eigenvalue weighted by Crippen LogP contribution is 2.04. The van der Waals surface area contributed by atoms with Gasteiger partial charge in [0.25, 0.3) is 0 Å². The van der Waals surface area contributed by atoms with Gasteiger partial charge >= 0.3 is 0 Å². The Morgan fingerprint density at radius 1 is 1.56 bits per heavy atom. The smallest absolute Gasteiger partial charge is 0.0212 e. The molecule has 0 saturated carbocycles. The molecule has 0 aliphatic carbocycles. The fraction of sp³-hybridized carbons (Fsp3) is 1.00. The molecule has 0 aliphatic heterocycles. The van der Waals surface area contributed by atoms with Gasteiger partial charge in [0.1, 0.15) is 0 Å². The molecule has 0 amide bonds. The van der Waals surface area contributed by atoms with Gasteiger partial charge in [0, 0.05) is 12.6 Å². The van der Waals surface area contributed by atoms with Gasteiger partial charge in [-0.1, -0.05) is 20.3 Å². The molecular weight excluding hydrogens is 112 g/mol. The van der Waals surface area contributed by atoms with E-state index in [1.165, 1.54) is 6.42 Å². The van der Waals surface area contributed by atoms with Gasteiger partial charge in [-0.25, -0.2) is 0 Å². The zero-order valence-corrected chi connectivity index (χ0v) is 6.65. The van der Waals surface area contributed by atoms with Crippen molar-refractivity contribution < 1.29 is 0 Å². The zero-order chi connectivity index (χ0) is 7.28. The van der Waals surface area contributed by atoms with Crippen LogP contribution >= 0.6 is 0 Å². The van der Waals surface area contributed by atoms with Crippen LogP contribution in [-0.4, -0.2) is 19.6 Å². The quantitative estimate of drug-likeness (QED) is 0.584. The van der Waals surface area contributed by atoms with Gasteiger partial charge in [-0.2, -0.15) is 0 Å². The molecule has 0 aromatic heterocycles. The standard InChI is InChI=1S/C7H18N2/c1-4-6(2)7(5-8)9-3/h6-7,9H,4-5,8H2,1-3H3. The Labute approximate surface area is 57.8 Å². The van der Waals surface area contributed by atoms with Crippen LogP contribution in [0, 0.1) is 5.92 Å². The Balaban J connectivity index is 3.50. The molecule has 3 N–H and O–H groups in total. The number of nitrogens with two attached hydrogens (primary N) is 1. The van der Waals surface area contributed by atoms with Gasteiger partial charge in [0.05, 0.1) is 0 Å². The summed E-state index contributed by atoms with van der Waals surface area (Å²) in [5, 5.41) is 3.18. The Morgan fingerprint density at radius 2 is 2.11 bits per heavy atom. The highest BCUT2D eigenvalue weighted by molar-refractivity contribution is 4.70. The van der Waals surface area contributed by atoms with Crippen molar-refractivity contribution in [3.05, 3.63) is 0 Å². The maximum atomic E-state index is 5.50. The summed E-state index contributed by atoms with van der Waals surface area (Å²) in [5.74, 6) is 0.694. The summed E-state index contributed by atoms with van der Waals surface area (Å²) in [5.41, 5.74) is 5.50. The van der Waals surface area contributed by atoms with Crippen molar-refractivity contribution in [3.8, 4) is 0 Å². The predicted molar refractivity (Wildman–Crippen MR) is 41.4 cm³/mol. The van der Waals surface area contributed by atoms with Crippen LogP contribution < -0.4 is 11.1 Å². The van der Waals surface area contributed by atoms with Gasteiger partial charge in [0.15, 0.2) is 0 Å². The molecule has 0 bridgehead atoms. The van der Waals surface area contributed by atoms with E-state index in [2.05, 4.69) is 19.2 Å². The van der Waals surface area contributed by atoms with Crippen molar-refractivity contribution >= 4 is 0 Å². The lowest BCUT2D eigenvalue weighted by Gasteiger charge is -2.19. The third kappa shape index (κ3) is 2.82. The van der Waals surface area contributed by atoms with Crippen LogP contribution in [0.5, 0.6) is 0 Å². The first-order valence-corrected chi connectivity index (χ1v) is 3.63. The van der Waals surface area contributed by atoms with E-state index in [4.69, 9.17) is 5.73 Å². The van der Waals surface area contributed by atoms with Gasteiger partial charge in [-0.05, 0) is 13.0 Å². The Bertz CT molecular complexity index is 59.9. The number of hydrogen-bond donors (Lipinski definition) is 2. The summed E-state index contributed by atoms with van der Waals surface area (Å²) in [6.45, 7) is 5.14. The lowest BCUT2D eigenvalue weighted by atomic mass is 10.00. The van der Waals surface area contributed by atoms with E-state index in [0.717, 1.165) is 6.54 Å². The first kappa shape index (κ1) is 8.92. The molecule has 0 aromatic rings. The maximum absolute atomic E-state index is 5.50. The van der Waals surface area contributed by atoms with Crippen LogP contribution in [0.1, 0.15) is 20.3 Å². The molecule has 2 unspecified atom stereocenters. The van der Waals surface area contributed by atoms with E-state index in [1.54, 1.807) is 0 Å². The topological polar surface area (TPSA) is 38.0 Å². The molecule has 0 aromatic carbocycles. The van der Waals surface area contributed by atoms with E-state index in [9.17, 15) is 0 Å². The highest BCUT2D eigenvalue weighted by Gasteiger charge is 2.09.